The highest BCUT2D eigenvalue weighted by atomic mass is 31.2. The van der Waals surface area contributed by atoms with E-state index in [0.717, 1.165) is 0 Å². The highest BCUT2D eigenvalue weighted by Gasteiger charge is 2.16. The van der Waals surface area contributed by atoms with E-state index in [4.69, 9.17) is 20.3 Å². The van der Waals surface area contributed by atoms with Crippen molar-refractivity contribution >= 4 is 13.4 Å². The lowest BCUT2D eigenvalue weighted by Gasteiger charge is -2.15. The third-order valence-electron chi connectivity index (χ3n) is 1.99. The lowest BCUT2D eigenvalue weighted by atomic mass is 10.3. The molecule has 9 heteroatoms. The molecule has 100 valence electrons. The zero-order valence-electron chi connectivity index (χ0n) is 9.47. The van der Waals surface area contributed by atoms with Gasteiger partial charge in [-0.2, -0.15) is 4.98 Å². The molecule has 0 aliphatic rings. The van der Waals surface area contributed by atoms with Crippen LogP contribution in [0.25, 0.3) is 0 Å². The summed E-state index contributed by atoms with van der Waals surface area (Å²) in [6.07, 6.45) is 1.32. The monoisotopic (exact) mass is 275 g/mol. The van der Waals surface area contributed by atoms with E-state index in [1.807, 2.05) is 0 Å². The summed E-state index contributed by atoms with van der Waals surface area (Å²) >= 11 is 0. The molecule has 1 heterocycles. The van der Waals surface area contributed by atoms with Crippen LogP contribution in [0.5, 0.6) is 0 Å². The Morgan fingerprint density at radius 2 is 2.33 bits per heavy atom. The number of rotatable bonds is 6. The third-order valence-corrected chi connectivity index (χ3v) is 2.48. The second-order valence-corrected chi connectivity index (χ2v) is 5.11. The quantitative estimate of drug-likeness (QED) is 0.473. The Hall–Kier alpha value is -1.47. The fourth-order valence-electron chi connectivity index (χ4n) is 1.16. The van der Waals surface area contributed by atoms with E-state index in [1.54, 1.807) is 0 Å². The van der Waals surface area contributed by atoms with Crippen LogP contribution >= 0.6 is 7.60 Å². The number of nitrogens with two attached hydrogens (primary N) is 1. The van der Waals surface area contributed by atoms with Crippen molar-refractivity contribution in [2.45, 2.75) is 12.6 Å². The lowest BCUT2D eigenvalue weighted by molar-refractivity contribution is 0.0948. The van der Waals surface area contributed by atoms with Gasteiger partial charge in [-0.25, -0.2) is 4.79 Å². The molecule has 1 aromatic rings. The summed E-state index contributed by atoms with van der Waals surface area (Å²) in [5.74, 6) is 0.0996. The van der Waals surface area contributed by atoms with E-state index >= 15 is 0 Å². The van der Waals surface area contributed by atoms with E-state index in [9.17, 15) is 9.36 Å². The SMILES string of the molecule is C=C[C@H](Cn1ccc(N)nc1=O)OCP(=O)(O)O. The summed E-state index contributed by atoms with van der Waals surface area (Å²) < 4.78 is 16.8. The van der Waals surface area contributed by atoms with Gasteiger partial charge >= 0.3 is 13.3 Å². The summed E-state index contributed by atoms with van der Waals surface area (Å²) in [7, 11) is -4.25. The Kier molecular flexibility index (Phi) is 4.80. The van der Waals surface area contributed by atoms with Gasteiger partial charge in [0, 0.05) is 6.20 Å². The average molecular weight is 275 g/mol. The average Bonchev–Trinajstić information content (AvgIpc) is 2.25. The first-order valence-electron chi connectivity index (χ1n) is 4.93. The molecule has 4 N–H and O–H groups in total. The standard InChI is InChI=1S/C9H14N3O5P/c1-2-7(17-6-18(14,15)16)5-12-4-3-8(10)11-9(12)13/h2-4,7H,1,5-6H2,(H2,10,11,13)(H2,14,15,16)/t7-/m1/s1. The molecule has 0 fully saturated rings. The molecule has 0 spiro atoms. The predicted molar refractivity (Wildman–Crippen MR) is 64.9 cm³/mol. The Balaban J connectivity index is 2.71. The van der Waals surface area contributed by atoms with E-state index in [-0.39, 0.29) is 12.4 Å². The molecule has 0 bridgehead atoms. The van der Waals surface area contributed by atoms with Gasteiger partial charge in [-0.1, -0.05) is 6.08 Å². The van der Waals surface area contributed by atoms with Crippen LogP contribution in [0.4, 0.5) is 5.82 Å². The van der Waals surface area contributed by atoms with Crippen molar-refractivity contribution in [3.63, 3.8) is 0 Å². The van der Waals surface area contributed by atoms with Gasteiger partial charge in [0.2, 0.25) is 0 Å². The van der Waals surface area contributed by atoms with Crippen molar-refractivity contribution in [1.29, 1.82) is 0 Å². The second-order valence-electron chi connectivity index (χ2n) is 3.52. The molecule has 0 saturated heterocycles. The molecule has 0 aromatic carbocycles. The minimum atomic E-state index is -4.25. The predicted octanol–water partition coefficient (Wildman–Crippen LogP) is -0.468. The summed E-state index contributed by atoms with van der Waals surface area (Å²) in [4.78, 5) is 32.3. The topological polar surface area (TPSA) is 128 Å². The number of ether oxygens (including phenoxy) is 1. The molecule has 1 rings (SSSR count). The summed E-state index contributed by atoms with van der Waals surface area (Å²) in [6.45, 7) is 3.52. The van der Waals surface area contributed by atoms with Crippen LogP contribution in [0.2, 0.25) is 0 Å². The van der Waals surface area contributed by atoms with Crippen LogP contribution in [-0.2, 0) is 15.8 Å². The normalized spacial score (nSPS) is 13.2. The first-order chi connectivity index (χ1) is 8.31. The van der Waals surface area contributed by atoms with Crippen molar-refractivity contribution in [3.8, 4) is 0 Å². The van der Waals surface area contributed by atoms with Crippen LogP contribution in [0, 0.1) is 0 Å². The third kappa shape index (κ3) is 4.80. The molecular weight excluding hydrogens is 261 g/mol. The van der Waals surface area contributed by atoms with E-state index in [0.29, 0.717) is 0 Å². The van der Waals surface area contributed by atoms with Crippen LogP contribution < -0.4 is 11.4 Å². The summed E-state index contributed by atoms with van der Waals surface area (Å²) in [5, 5.41) is 0. The highest BCUT2D eigenvalue weighted by Crippen LogP contribution is 2.34. The van der Waals surface area contributed by atoms with Crippen molar-refractivity contribution in [2.24, 2.45) is 0 Å². The zero-order chi connectivity index (χ0) is 13.8. The van der Waals surface area contributed by atoms with E-state index in [1.165, 1.54) is 22.9 Å². The van der Waals surface area contributed by atoms with Crippen LogP contribution in [0.1, 0.15) is 0 Å². The molecule has 8 nitrogen and oxygen atoms in total. The Bertz CT molecular complexity index is 523. The summed E-state index contributed by atoms with van der Waals surface area (Å²) in [5.41, 5.74) is 4.76. The number of hydrogen-bond acceptors (Lipinski definition) is 5. The van der Waals surface area contributed by atoms with Crippen molar-refractivity contribution in [3.05, 3.63) is 35.4 Å². The molecule has 0 saturated carbocycles. The lowest BCUT2D eigenvalue weighted by Crippen LogP contribution is -2.29. The number of aromatic nitrogens is 2. The minimum Gasteiger partial charge on any atom is -0.383 e. The maximum Gasteiger partial charge on any atom is 0.351 e. The van der Waals surface area contributed by atoms with Gasteiger partial charge in [-0.15, -0.1) is 6.58 Å². The molecule has 0 unspecified atom stereocenters. The van der Waals surface area contributed by atoms with Gasteiger partial charge in [0.05, 0.1) is 12.6 Å². The Labute approximate surface area is 103 Å². The molecule has 0 aliphatic carbocycles. The molecule has 1 atom stereocenters. The molecule has 0 aliphatic heterocycles. The molecular formula is C9H14N3O5P. The van der Waals surface area contributed by atoms with Gasteiger partial charge in [0.25, 0.3) is 0 Å². The van der Waals surface area contributed by atoms with Crippen molar-refractivity contribution in [2.75, 3.05) is 12.1 Å². The van der Waals surface area contributed by atoms with Gasteiger partial charge in [-0.05, 0) is 6.07 Å². The van der Waals surface area contributed by atoms with Crippen molar-refractivity contribution < 1.29 is 19.1 Å². The number of nitrogen functional groups attached to an aromatic ring is 1. The fourth-order valence-corrected chi connectivity index (χ4v) is 1.55. The molecule has 0 radical (unpaired) electrons. The van der Waals surface area contributed by atoms with E-state index in [2.05, 4.69) is 11.6 Å². The smallest absolute Gasteiger partial charge is 0.351 e. The van der Waals surface area contributed by atoms with Crippen LogP contribution in [0.15, 0.2) is 29.7 Å². The molecule has 1 aromatic heterocycles. The summed E-state index contributed by atoms with van der Waals surface area (Å²) in [6, 6.07) is 1.44. The van der Waals surface area contributed by atoms with Crippen LogP contribution in [-0.4, -0.2) is 31.8 Å². The first-order valence-corrected chi connectivity index (χ1v) is 6.73. The number of anilines is 1. The number of hydrogen-bond donors (Lipinski definition) is 3. The Morgan fingerprint density at radius 1 is 1.67 bits per heavy atom. The fraction of sp³-hybridized carbons (Fsp3) is 0.333. The largest absolute Gasteiger partial charge is 0.383 e. The number of nitrogens with zero attached hydrogens (tertiary/aromatic N) is 2. The highest BCUT2D eigenvalue weighted by molar-refractivity contribution is 7.51. The first kappa shape index (κ1) is 14.6. The van der Waals surface area contributed by atoms with Crippen LogP contribution in [0.3, 0.4) is 0 Å². The Morgan fingerprint density at radius 3 is 2.83 bits per heavy atom. The van der Waals surface area contributed by atoms with Gasteiger partial charge < -0.3 is 20.3 Å². The second kappa shape index (κ2) is 5.92. The van der Waals surface area contributed by atoms with Crippen molar-refractivity contribution in [1.82, 2.24) is 9.55 Å². The van der Waals surface area contributed by atoms with Gasteiger partial charge in [-0.3, -0.25) is 9.13 Å². The van der Waals surface area contributed by atoms with E-state index < -0.39 is 25.7 Å². The molecule has 18 heavy (non-hydrogen) atoms. The maximum absolute atomic E-state index is 11.4. The maximum atomic E-state index is 11.4. The molecule has 0 amide bonds. The van der Waals surface area contributed by atoms with Gasteiger partial charge in [0.1, 0.15) is 12.2 Å². The zero-order valence-corrected chi connectivity index (χ0v) is 10.4. The minimum absolute atomic E-state index is 0.0512. The van der Waals surface area contributed by atoms with Gasteiger partial charge in [0.15, 0.2) is 0 Å².